The number of hydrazine groups is 1. The molecule has 166 valence electrons. The van der Waals surface area contributed by atoms with Gasteiger partial charge < -0.3 is 14.6 Å². The highest BCUT2D eigenvalue weighted by Crippen LogP contribution is 2.21. The Kier molecular flexibility index (Phi) is 7.22. The Hall–Kier alpha value is -4.14. The van der Waals surface area contributed by atoms with Gasteiger partial charge in [0, 0.05) is 17.1 Å². The maximum absolute atomic E-state index is 13.2. The third kappa shape index (κ3) is 5.72. The number of hydrogen-bond donors (Lipinski definition) is 3. The van der Waals surface area contributed by atoms with E-state index in [9.17, 15) is 18.8 Å². The lowest BCUT2D eigenvalue weighted by atomic mass is 10.2. The topological polar surface area (TPSA) is 101 Å². The van der Waals surface area contributed by atoms with Gasteiger partial charge in [0.2, 0.25) is 0 Å². The highest BCUT2D eigenvalue weighted by atomic mass is 19.1. The van der Waals surface area contributed by atoms with Gasteiger partial charge in [-0.3, -0.25) is 25.2 Å². The lowest BCUT2D eigenvalue weighted by molar-refractivity contribution is -0.127. The molecule has 0 aliphatic rings. The average Bonchev–Trinajstić information content (AvgIpc) is 3.10. The summed E-state index contributed by atoms with van der Waals surface area (Å²) in [5.41, 5.74) is 7.06. The van der Waals surface area contributed by atoms with E-state index in [0.29, 0.717) is 22.7 Å². The minimum absolute atomic E-state index is 0.237. The van der Waals surface area contributed by atoms with Crippen LogP contribution < -0.4 is 20.9 Å². The number of rotatable bonds is 7. The molecule has 1 heterocycles. The molecule has 3 amide bonds. The summed E-state index contributed by atoms with van der Waals surface area (Å²) in [6.45, 7) is 3.00. The number of nitrogens with one attached hydrogen (secondary N) is 3. The van der Waals surface area contributed by atoms with E-state index in [1.54, 1.807) is 49.4 Å². The van der Waals surface area contributed by atoms with Gasteiger partial charge in [0.15, 0.2) is 6.61 Å². The summed E-state index contributed by atoms with van der Waals surface area (Å²) in [6, 6.07) is 16.4. The summed E-state index contributed by atoms with van der Waals surface area (Å²) < 4.78 is 20.3. The Labute approximate surface area is 184 Å². The molecule has 0 saturated heterocycles. The van der Waals surface area contributed by atoms with Gasteiger partial charge >= 0.3 is 0 Å². The summed E-state index contributed by atoms with van der Waals surface area (Å²) in [6.07, 6.45) is 0. The SMILES string of the molecule is Cc1cc(C(=O)NNC(=O)CNC(=O)COc2ccccc2)c(C)n1-c1ccc(F)cc1. The summed E-state index contributed by atoms with van der Waals surface area (Å²) in [5, 5.41) is 2.40. The van der Waals surface area contributed by atoms with Gasteiger partial charge in [0.25, 0.3) is 17.7 Å². The number of ether oxygens (including phenoxy) is 1. The minimum Gasteiger partial charge on any atom is -0.484 e. The number of para-hydroxylation sites is 1. The Morgan fingerprint density at radius 1 is 0.938 bits per heavy atom. The first-order valence-corrected chi connectivity index (χ1v) is 9.84. The van der Waals surface area contributed by atoms with Gasteiger partial charge in [-0.25, -0.2) is 4.39 Å². The lowest BCUT2D eigenvalue weighted by Crippen LogP contribution is -2.47. The summed E-state index contributed by atoms with van der Waals surface area (Å²) >= 11 is 0. The number of aryl methyl sites for hydroxylation is 1. The van der Waals surface area contributed by atoms with Crippen LogP contribution in [-0.2, 0) is 9.59 Å². The number of carbonyl (C=O) groups excluding carboxylic acids is 3. The van der Waals surface area contributed by atoms with E-state index >= 15 is 0 Å². The Morgan fingerprint density at radius 2 is 1.62 bits per heavy atom. The normalized spacial score (nSPS) is 10.3. The third-order valence-corrected chi connectivity index (χ3v) is 4.64. The van der Waals surface area contributed by atoms with Crippen molar-refractivity contribution < 1.29 is 23.5 Å². The fourth-order valence-corrected chi connectivity index (χ4v) is 3.11. The zero-order valence-corrected chi connectivity index (χ0v) is 17.6. The summed E-state index contributed by atoms with van der Waals surface area (Å²) in [4.78, 5) is 36.2. The Balaban J connectivity index is 1.49. The number of hydrogen-bond acceptors (Lipinski definition) is 4. The number of nitrogens with zero attached hydrogens (tertiary/aromatic N) is 1. The Morgan fingerprint density at radius 3 is 2.31 bits per heavy atom. The zero-order chi connectivity index (χ0) is 23.1. The zero-order valence-electron chi connectivity index (χ0n) is 17.6. The Bertz CT molecular complexity index is 1110. The standard InChI is InChI=1S/C23H23FN4O4/c1-15-12-20(16(2)28(15)18-10-8-17(24)9-11-18)23(31)27-26-21(29)13-25-22(30)14-32-19-6-4-3-5-7-19/h3-12H,13-14H2,1-2H3,(H,25,30)(H,26,29)(H,27,31). The fourth-order valence-electron chi connectivity index (χ4n) is 3.11. The molecule has 3 aromatic rings. The van der Waals surface area contributed by atoms with Crippen LogP contribution in [0, 0.1) is 19.7 Å². The van der Waals surface area contributed by atoms with Gasteiger partial charge in [-0.2, -0.15) is 0 Å². The van der Waals surface area contributed by atoms with Crippen LogP contribution in [0.2, 0.25) is 0 Å². The molecule has 0 spiro atoms. The molecule has 1 aromatic heterocycles. The molecule has 3 N–H and O–H groups in total. The van der Waals surface area contributed by atoms with Crippen LogP contribution in [0.5, 0.6) is 5.75 Å². The molecule has 0 aliphatic heterocycles. The van der Waals surface area contributed by atoms with Crippen LogP contribution in [-0.4, -0.2) is 35.4 Å². The second-order valence-corrected chi connectivity index (χ2v) is 6.98. The molecule has 0 atom stereocenters. The highest BCUT2D eigenvalue weighted by Gasteiger charge is 2.17. The van der Waals surface area contributed by atoms with Crippen LogP contribution in [0.1, 0.15) is 21.7 Å². The van der Waals surface area contributed by atoms with Gasteiger partial charge in [0.1, 0.15) is 11.6 Å². The fraction of sp³-hybridized carbons (Fsp3) is 0.174. The predicted molar refractivity (Wildman–Crippen MR) is 116 cm³/mol. The molecule has 0 unspecified atom stereocenters. The average molecular weight is 438 g/mol. The van der Waals surface area contributed by atoms with Gasteiger partial charge in [-0.05, 0) is 56.3 Å². The third-order valence-electron chi connectivity index (χ3n) is 4.64. The van der Waals surface area contributed by atoms with Crippen molar-refractivity contribution in [2.45, 2.75) is 13.8 Å². The predicted octanol–water partition coefficient (Wildman–Crippen LogP) is 2.19. The van der Waals surface area contributed by atoms with E-state index in [1.165, 1.54) is 12.1 Å². The van der Waals surface area contributed by atoms with E-state index in [2.05, 4.69) is 16.2 Å². The number of benzene rings is 2. The molecule has 0 saturated carbocycles. The number of halogens is 1. The molecule has 9 heteroatoms. The first-order valence-electron chi connectivity index (χ1n) is 9.84. The minimum atomic E-state index is -0.598. The summed E-state index contributed by atoms with van der Waals surface area (Å²) in [7, 11) is 0. The van der Waals surface area contributed by atoms with Crippen molar-refractivity contribution in [3.05, 3.63) is 83.4 Å². The van der Waals surface area contributed by atoms with E-state index in [-0.39, 0.29) is 19.0 Å². The molecular formula is C23H23FN4O4. The van der Waals surface area contributed by atoms with Crippen LogP contribution in [0.4, 0.5) is 4.39 Å². The molecular weight excluding hydrogens is 415 g/mol. The van der Waals surface area contributed by atoms with Crippen LogP contribution >= 0.6 is 0 Å². The molecule has 2 aromatic carbocycles. The molecule has 8 nitrogen and oxygen atoms in total. The molecule has 0 radical (unpaired) electrons. The first kappa shape index (κ1) is 22.5. The van der Waals surface area contributed by atoms with E-state index < -0.39 is 17.7 Å². The molecule has 32 heavy (non-hydrogen) atoms. The van der Waals surface area contributed by atoms with E-state index in [1.807, 2.05) is 17.6 Å². The number of carbonyl (C=O) groups is 3. The van der Waals surface area contributed by atoms with Crippen molar-refractivity contribution in [3.8, 4) is 11.4 Å². The molecule has 0 bridgehead atoms. The summed E-state index contributed by atoms with van der Waals surface area (Å²) in [5.74, 6) is -1.40. The molecule has 0 aliphatic carbocycles. The maximum atomic E-state index is 13.2. The van der Waals surface area contributed by atoms with Crippen LogP contribution in [0.3, 0.4) is 0 Å². The van der Waals surface area contributed by atoms with E-state index in [4.69, 9.17) is 4.74 Å². The second kappa shape index (κ2) is 10.3. The smallest absolute Gasteiger partial charge is 0.271 e. The monoisotopic (exact) mass is 438 g/mol. The number of amides is 3. The first-order chi connectivity index (χ1) is 15.3. The second-order valence-electron chi connectivity index (χ2n) is 6.98. The molecule has 3 rings (SSSR count). The quantitative estimate of drug-likeness (QED) is 0.492. The van der Waals surface area contributed by atoms with E-state index in [0.717, 1.165) is 5.69 Å². The lowest BCUT2D eigenvalue weighted by Gasteiger charge is -2.11. The van der Waals surface area contributed by atoms with Crippen molar-refractivity contribution >= 4 is 17.7 Å². The van der Waals surface area contributed by atoms with Gasteiger partial charge in [-0.1, -0.05) is 18.2 Å². The van der Waals surface area contributed by atoms with Crippen molar-refractivity contribution in [3.63, 3.8) is 0 Å². The van der Waals surface area contributed by atoms with Crippen molar-refractivity contribution in [1.82, 2.24) is 20.7 Å². The maximum Gasteiger partial charge on any atom is 0.271 e. The van der Waals surface area contributed by atoms with Crippen molar-refractivity contribution in [2.75, 3.05) is 13.2 Å². The van der Waals surface area contributed by atoms with Crippen LogP contribution in [0.15, 0.2) is 60.7 Å². The van der Waals surface area contributed by atoms with Crippen molar-refractivity contribution in [1.29, 1.82) is 0 Å². The highest BCUT2D eigenvalue weighted by molar-refractivity contribution is 5.97. The van der Waals surface area contributed by atoms with Crippen LogP contribution in [0.25, 0.3) is 5.69 Å². The largest absolute Gasteiger partial charge is 0.484 e. The van der Waals surface area contributed by atoms with Gasteiger partial charge in [0.05, 0.1) is 12.1 Å². The number of aromatic nitrogens is 1. The van der Waals surface area contributed by atoms with Crippen molar-refractivity contribution in [2.24, 2.45) is 0 Å². The molecule has 0 fully saturated rings. The van der Waals surface area contributed by atoms with Gasteiger partial charge in [-0.15, -0.1) is 0 Å².